The lowest BCUT2D eigenvalue weighted by Crippen LogP contribution is -1.92. The minimum atomic E-state index is 0.630. The fourth-order valence-corrected chi connectivity index (χ4v) is 1.18. The van der Waals surface area contributed by atoms with Crippen LogP contribution >= 0.6 is 0 Å². The van der Waals surface area contributed by atoms with Crippen LogP contribution in [0.2, 0.25) is 0 Å². The molecule has 10 heavy (non-hydrogen) atoms. The van der Waals surface area contributed by atoms with Crippen LogP contribution in [0.5, 0.6) is 0 Å². The third kappa shape index (κ3) is 2.87. The summed E-state index contributed by atoms with van der Waals surface area (Å²) in [5.41, 5.74) is 0. The Hall–Kier alpha value is -0.510. The first-order valence-electron chi connectivity index (χ1n) is 4.20. The summed E-state index contributed by atoms with van der Waals surface area (Å²) in [6.07, 6.45) is 6.26. The third-order valence-electron chi connectivity index (χ3n) is 2.20. The molecular weight excluding hydrogens is 122 g/mol. The lowest BCUT2D eigenvalue weighted by Gasteiger charge is -2.03. The summed E-state index contributed by atoms with van der Waals surface area (Å²) in [7, 11) is 0. The highest BCUT2D eigenvalue weighted by Gasteiger charge is 2.21. The van der Waals surface area contributed by atoms with Crippen LogP contribution in [0.1, 0.15) is 39.0 Å². The van der Waals surface area contributed by atoms with Gasteiger partial charge in [0.25, 0.3) is 0 Å². The lowest BCUT2D eigenvalue weighted by molar-refractivity contribution is 0.498. The summed E-state index contributed by atoms with van der Waals surface area (Å²) in [6.45, 7) is 2.17. The summed E-state index contributed by atoms with van der Waals surface area (Å²) < 4.78 is 0. The average Bonchev–Trinajstić information content (AvgIpc) is 2.67. The number of nitriles is 1. The van der Waals surface area contributed by atoms with E-state index in [1.165, 1.54) is 25.7 Å². The van der Waals surface area contributed by atoms with Crippen molar-refractivity contribution in [3.8, 4) is 6.07 Å². The van der Waals surface area contributed by atoms with E-state index >= 15 is 0 Å². The van der Waals surface area contributed by atoms with Gasteiger partial charge in [-0.05, 0) is 18.3 Å². The van der Waals surface area contributed by atoms with Gasteiger partial charge in [-0.3, -0.25) is 0 Å². The van der Waals surface area contributed by atoms with E-state index in [2.05, 4.69) is 13.0 Å². The van der Waals surface area contributed by atoms with Gasteiger partial charge in [-0.15, -0.1) is 0 Å². The van der Waals surface area contributed by atoms with E-state index in [1.807, 2.05) is 0 Å². The Balaban J connectivity index is 1.95. The summed E-state index contributed by atoms with van der Waals surface area (Å²) in [6, 6.07) is 2.21. The fourth-order valence-electron chi connectivity index (χ4n) is 1.18. The quantitative estimate of drug-likeness (QED) is 0.584. The summed E-state index contributed by atoms with van der Waals surface area (Å²) in [5, 5.41) is 8.37. The van der Waals surface area contributed by atoms with Crippen molar-refractivity contribution < 1.29 is 0 Å². The predicted molar refractivity (Wildman–Crippen MR) is 41.4 cm³/mol. The van der Waals surface area contributed by atoms with Gasteiger partial charge >= 0.3 is 0 Å². The van der Waals surface area contributed by atoms with Gasteiger partial charge in [-0.2, -0.15) is 5.26 Å². The van der Waals surface area contributed by atoms with Crippen molar-refractivity contribution in [2.24, 2.45) is 11.8 Å². The van der Waals surface area contributed by atoms with Crippen LogP contribution in [-0.2, 0) is 0 Å². The van der Waals surface area contributed by atoms with Crippen molar-refractivity contribution in [1.82, 2.24) is 0 Å². The molecule has 0 aromatic carbocycles. The maximum atomic E-state index is 8.37. The normalized spacial score (nSPS) is 20.0. The zero-order valence-electron chi connectivity index (χ0n) is 6.64. The van der Waals surface area contributed by atoms with Crippen molar-refractivity contribution in [1.29, 1.82) is 5.26 Å². The highest BCUT2D eigenvalue weighted by Crippen LogP contribution is 2.34. The van der Waals surface area contributed by atoms with Gasteiger partial charge in [0.05, 0.1) is 6.07 Å². The molecule has 1 aliphatic carbocycles. The molecule has 1 atom stereocenters. The zero-order valence-corrected chi connectivity index (χ0v) is 6.64. The maximum absolute atomic E-state index is 8.37. The Bertz CT molecular complexity index is 130. The van der Waals surface area contributed by atoms with Crippen LogP contribution in [0, 0.1) is 23.2 Å². The van der Waals surface area contributed by atoms with Crippen LogP contribution in [-0.4, -0.2) is 0 Å². The van der Waals surface area contributed by atoms with Gasteiger partial charge in [-0.1, -0.05) is 26.2 Å². The number of hydrogen-bond acceptors (Lipinski definition) is 1. The van der Waals surface area contributed by atoms with Gasteiger partial charge in [0.15, 0.2) is 0 Å². The Kier molecular flexibility index (Phi) is 2.74. The molecule has 0 spiro atoms. The summed E-state index contributed by atoms with van der Waals surface area (Å²) >= 11 is 0. The van der Waals surface area contributed by atoms with Crippen LogP contribution in [0.15, 0.2) is 0 Å². The van der Waals surface area contributed by atoms with Gasteiger partial charge in [-0.25, -0.2) is 0 Å². The molecule has 1 fully saturated rings. The lowest BCUT2D eigenvalue weighted by atomic mass is 10.0. The molecule has 1 nitrogen and oxygen atoms in total. The molecule has 0 aromatic heterocycles. The molecule has 1 saturated carbocycles. The fraction of sp³-hybridized carbons (Fsp3) is 0.889. The first kappa shape index (κ1) is 7.60. The largest absolute Gasteiger partial charge is 0.198 e. The molecule has 1 heteroatoms. The average molecular weight is 137 g/mol. The minimum Gasteiger partial charge on any atom is -0.198 e. The van der Waals surface area contributed by atoms with E-state index < -0.39 is 0 Å². The van der Waals surface area contributed by atoms with Gasteiger partial charge < -0.3 is 0 Å². The Morgan fingerprint density at radius 2 is 2.30 bits per heavy atom. The van der Waals surface area contributed by atoms with Gasteiger partial charge in [0, 0.05) is 6.42 Å². The SMILES string of the molecule is CC(CC#N)CCC1CC1. The molecular formula is C9H15N. The zero-order chi connectivity index (χ0) is 7.40. The summed E-state index contributed by atoms with van der Waals surface area (Å²) in [5.74, 6) is 1.66. The molecule has 1 rings (SSSR count). The second-order valence-electron chi connectivity index (χ2n) is 3.49. The minimum absolute atomic E-state index is 0.630. The smallest absolute Gasteiger partial charge is 0.0624 e. The molecule has 0 aliphatic heterocycles. The molecule has 0 amide bonds. The van der Waals surface area contributed by atoms with E-state index in [1.54, 1.807) is 0 Å². The molecule has 0 N–H and O–H groups in total. The maximum Gasteiger partial charge on any atom is 0.0624 e. The Morgan fingerprint density at radius 3 is 2.80 bits per heavy atom. The molecule has 0 saturated heterocycles. The standard InChI is InChI=1S/C9H15N/c1-8(6-7-10)2-3-9-4-5-9/h8-9H,2-6H2,1H3. The van der Waals surface area contributed by atoms with E-state index in [-0.39, 0.29) is 0 Å². The monoisotopic (exact) mass is 137 g/mol. The van der Waals surface area contributed by atoms with E-state index in [0.717, 1.165) is 12.3 Å². The predicted octanol–water partition coefficient (Wildman–Crippen LogP) is 2.73. The van der Waals surface area contributed by atoms with Crippen LogP contribution in [0.4, 0.5) is 0 Å². The molecule has 1 unspecified atom stereocenters. The third-order valence-corrected chi connectivity index (χ3v) is 2.20. The van der Waals surface area contributed by atoms with Gasteiger partial charge in [0.2, 0.25) is 0 Å². The molecule has 0 heterocycles. The van der Waals surface area contributed by atoms with Crippen molar-refractivity contribution >= 4 is 0 Å². The van der Waals surface area contributed by atoms with Gasteiger partial charge in [0.1, 0.15) is 0 Å². The number of nitrogens with zero attached hydrogens (tertiary/aromatic N) is 1. The van der Waals surface area contributed by atoms with Crippen LogP contribution in [0.25, 0.3) is 0 Å². The molecule has 1 aliphatic rings. The van der Waals surface area contributed by atoms with E-state index in [0.29, 0.717) is 5.92 Å². The highest BCUT2D eigenvalue weighted by molar-refractivity contribution is 4.77. The molecule has 56 valence electrons. The van der Waals surface area contributed by atoms with Crippen molar-refractivity contribution in [2.75, 3.05) is 0 Å². The second-order valence-corrected chi connectivity index (χ2v) is 3.49. The first-order valence-corrected chi connectivity index (χ1v) is 4.20. The summed E-state index contributed by atoms with van der Waals surface area (Å²) in [4.78, 5) is 0. The van der Waals surface area contributed by atoms with Crippen molar-refractivity contribution in [3.05, 3.63) is 0 Å². The molecule has 0 radical (unpaired) electrons. The number of rotatable bonds is 4. The second kappa shape index (κ2) is 3.61. The topological polar surface area (TPSA) is 23.8 Å². The Labute approximate surface area is 63.0 Å². The number of hydrogen-bond donors (Lipinski definition) is 0. The van der Waals surface area contributed by atoms with E-state index in [9.17, 15) is 0 Å². The van der Waals surface area contributed by atoms with Crippen molar-refractivity contribution in [3.63, 3.8) is 0 Å². The van der Waals surface area contributed by atoms with Crippen LogP contribution in [0.3, 0.4) is 0 Å². The van der Waals surface area contributed by atoms with Crippen molar-refractivity contribution in [2.45, 2.75) is 39.0 Å². The van der Waals surface area contributed by atoms with Crippen LogP contribution < -0.4 is 0 Å². The first-order chi connectivity index (χ1) is 4.83. The molecule has 0 aromatic rings. The van der Waals surface area contributed by atoms with E-state index in [4.69, 9.17) is 5.26 Å². The molecule has 0 bridgehead atoms. The Morgan fingerprint density at radius 1 is 1.60 bits per heavy atom. The highest BCUT2D eigenvalue weighted by atomic mass is 14.3.